The Balaban J connectivity index is 1.60. The van der Waals surface area contributed by atoms with Crippen molar-refractivity contribution in [3.05, 3.63) is 30.3 Å². The fourth-order valence-corrected chi connectivity index (χ4v) is 3.39. The van der Waals surface area contributed by atoms with Crippen LogP contribution in [0.4, 0.5) is 5.69 Å². The van der Waals surface area contributed by atoms with Crippen LogP contribution >= 0.6 is 0 Å². The van der Waals surface area contributed by atoms with E-state index in [1.807, 2.05) is 0 Å². The van der Waals surface area contributed by atoms with Gasteiger partial charge in [-0.1, -0.05) is 31.0 Å². The van der Waals surface area contributed by atoms with Crippen molar-refractivity contribution in [2.75, 3.05) is 44.2 Å². The molecule has 1 saturated heterocycles. The molecular formula is C20H34N4O. The summed E-state index contributed by atoms with van der Waals surface area (Å²) in [4.78, 5) is 16.9. The maximum atomic E-state index is 12.0. The van der Waals surface area contributed by atoms with Crippen molar-refractivity contribution >= 4 is 11.6 Å². The quantitative estimate of drug-likeness (QED) is 0.638. The molecule has 0 bridgehead atoms. The molecule has 5 heteroatoms. The number of hydrogen-bond donors (Lipinski definition) is 2. The highest BCUT2D eigenvalue weighted by atomic mass is 16.1. The summed E-state index contributed by atoms with van der Waals surface area (Å²) in [6.45, 7) is 7.98. The molecule has 1 fully saturated rings. The number of piperazine rings is 1. The van der Waals surface area contributed by atoms with Crippen molar-refractivity contribution in [2.24, 2.45) is 5.73 Å². The molecule has 0 spiro atoms. The minimum atomic E-state index is 0.183. The summed E-state index contributed by atoms with van der Waals surface area (Å²) in [6, 6.07) is 10.8. The van der Waals surface area contributed by atoms with E-state index in [2.05, 4.69) is 52.4 Å². The fourth-order valence-electron chi connectivity index (χ4n) is 3.39. The van der Waals surface area contributed by atoms with Crippen LogP contribution in [0.25, 0.3) is 0 Å². The molecule has 0 aromatic heterocycles. The molecule has 25 heavy (non-hydrogen) atoms. The van der Waals surface area contributed by atoms with Gasteiger partial charge in [-0.2, -0.15) is 0 Å². The standard InChI is InChI=1S/C20H34N4O/c1-18(22-20(25)11-7-2-3-8-12-21)17-23-13-15-24(16-14-23)19-9-5-4-6-10-19/h4-6,9-10,18H,2-3,7-8,11-17,21H2,1H3,(H,22,25). The summed E-state index contributed by atoms with van der Waals surface area (Å²) < 4.78 is 0. The zero-order chi connectivity index (χ0) is 17.9. The number of carbonyl (C=O) groups is 1. The van der Waals surface area contributed by atoms with Crippen molar-refractivity contribution < 1.29 is 4.79 Å². The third-order valence-corrected chi connectivity index (χ3v) is 4.79. The molecule has 0 radical (unpaired) electrons. The summed E-state index contributed by atoms with van der Waals surface area (Å²) in [5.41, 5.74) is 6.78. The fraction of sp³-hybridized carbons (Fsp3) is 0.650. The Kier molecular flexibility index (Phi) is 8.77. The number of hydrogen-bond acceptors (Lipinski definition) is 4. The molecule has 1 unspecified atom stereocenters. The van der Waals surface area contributed by atoms with Gasteiger partial charge in [-0.25, -0.2) is 0 Å². The molecule has 140 valence electrons. The molecule has 3 N–H and O–H groups in total. The Bertz CT molecular complexity index is 486. The van der Waals surface area contributed by atoms with Gasteiger partial charge in [-0.3, -0.25) is 9.69 Å². The molecular weight excluding hydrogens is 312 g/mol. The first-order valence-corrected chi connectivity index (χ1v) is 9.71. The SMILES string of the molecule is CC(CN1CCN(c2ccccc2)CC1)NC(=O)CCCCCCN. The number of rotatable bonds is 10. The third kappa shape index (κ3) is 7.45. The molecule has 1 aliphatic rings. The maximum Gasteiger partial charge on any atom is 0.220 e. The van der Waals surface area contributed by atoms with Gasteiger partial charge in [-0.15, -0.1) is 0 Å². The molecule has 1 heterocycles. The van der Waals surface area contributed by atoms with Gasteiger partial charge in [0.15, 0.2) is 0 Å². The number of nitrogens with zero attached hydrogens (tertiary/aromatic N) is 2. The number of para-hydroxylation sites is 1. The van der Waals surface area contributed by atoms with E-state index in [0.717, 1.165) is 65.0 Å². The normalized spacial score (nSPS) is 16.6. The summed E-state index contributed by atoms with van der Waals surface area (Å²) in [5, 5.41) is 3.14. The highest BCUT2D eigenvalue weighted by Gasteiger charge is 2.19. The second-order valence-corrected chi connectivity index (χ2v) is 7.04. The van der Waals surface area contributed by atoms with Crippen LogP contribution in [-0.4, -0.2) is 56.1 Å². The number of amides is 1. The van der Waals surface area contributed by atoms with Crippen molar-refractivity contribution in [3.63, 3.8) is 0 Å². The number of carbonyl (C=O) groups excluding carboxylic acids is 1. The summed E-state index contributed by atoms with van der Waals surface area (Å²) >= 11 is 0. The average Bonchev–Trinajstić information content (AvgIpc) is 2.63. The van der Waals surface area contributed by atoms with E-state index in [1.54, 1.807) is 0 Å². The van der Waals surface area contributed by atoms with Gasteiger partial charge >= 0.3 is 0 Å². The van der Waals surface area contributed by atoms with Gasteiger partial charge in [0.05, 0.1) is 0 Å². The predicted molar refractivity (Wildman–Crippen MR) is 105 cm³/mol. The summed E-state index contributed by atoms with van der Waals surface area (Å²) in [5.74, 6) is 0.183. The van der Waals surface area contributed by atoms with Gasteiger partial charge in [-0.05, 0) is 38.4 Å². The second kappa shape index (κ2) is 11.1. The molecule has 1 aliphatic heterocycles. The highest BCUT2D eigenvalue weighted by Crippen LogP contribution is 2.15. The van der Waals surface area contributed by atoms with Crippen molar-refractivity contribution in [3.8, 4) is 0 Å². The lowest BCUT2D eigenvalue weighted by Gasteiger charge is -2.37. The third-order valence-electron chi connectivity index (χ3n) is 4.79. The first kappa shape index (κ1) is 19.7. The van der Waals surface area contributed by atoms with Crippen LogP contribution in [0, 0.1) is 0 Å². The Hall–Kier alpha value is -1.59. The van der Waals surface area contributed by atoms with Gasteiger partial charge in [0.25, 0.3) is 0 Å². The summed E-state index contributed by atoms with van der Waals surface area (Å²) in [7, 11) is 0. The van der Waals surface area contributed by atoms with Crippen LogP contribution in [0.5, 0.6) is 0 Å². The minimum absolute atomic E-state index is 0.183. The predicted octanol–water partition coefficient (Wildman–Crippen LogP) is 2.22. The van der Waals surface area contributed by atoms with Crippen LogP contribution in [0.3, 0.4) is 0 Å². The van der Waals surface area contributed by atoms with E-state index < -0.39 is 0 Å². The number of anilines is 1. The van der Waals surface area contributed by atoms with Crippen LogP contribution in [0.15, 0.2) is 30.3 Å². The van der Waals surface area contributed by atoms with Gasteiger partial charge in [0.2, 0.25) is 5.91 Å². The Morgan fingerprint density at radius 3 is 2.44 bits per heavy atom. The minimum Gasteiger partial charge on any atom is -0.369 e. The number of nitrogens with two attached hydrogens (primary N) is 1. The molecule has 1 aromatic rings. The number of nitrogens with one attached hydrogen (secondary N) is 1. The monoisotopic (exact) mass is 346 g/mol. The van der Waals surface area contributed by atoms with E-state index >= 15 is 0 Å². The van der Waals surface area contributed by atoms with E-state index in [-0.39, 0.29) is 11.9 Å². The van der Waals surface area contributed by atoms with Gasteiger partial charge in [0, 0.05) is 50.9 Å². The molecule has 1 aromatic carbocycles. The van der Waals surface area contributed by atoms with Crippen LogP contribution < -0.4 is 16.0 Å². The van der Waals surface area contributed by atoms with Gasteiger partial charge in [0.1, 0.15) is 0 Å². The number of unbranched alkanes of at least 4 members (excludes halogenated alkanes) is 3. The number of benzene rings is 1. The topological polar surface area (TPSA) is 61.6 Å². The Morgan fingerprint density at radius 1 is 1.08 bits per heavy atom. The van der Waals surface area contributed by atoms with Crippen molar-refractivity contribution in [1.29, 1.82) is 0 Å². The molecule has 0 aliphatic carbocycles. The van der Waals surface area contributed by atoms with E-state index in [0.29, 0.717) is 6.42 Å². The van der Waals surface area contributed by atoms with Gasteiger partial charge < -0.3 is 16.0 Å². The summed E-state index contributed by atoms with van der Waals surface area (Å²) in [6.07, 6.45) is 4.89. The van der Waals surface area contributed by atoms with Crippen molar-refractivity contribution in [1.82, 2.24) is 10.2 Å². The lowest BCUT2D eigenvalue weighted by atomic mass is 10.1. The molecule has 1 atom stereocenters. The van der Waals surface area contributed by atoms with Crippen molar-refractivity contribution in [2.45, 2.75) is 45.1 Å². The van der Waals surface area contributed by atoms with E-state index in [1.165, 1.54) is 5.69 Å². The molecule has 5 nitrogen and oxygen atoms in total. The first-order chi connectivity index (χ1) is 12.2. The smallest absolute Gasteiger partial charge is 0.220 e. The van der Waals surface area contributed by atoms with Crippen LogP contribution in [0.1, 0.15) is 39.0 Å². The molecule has 1 amide bonds. The van der Waals surface area contributed by atoms with Crippen LogP contribution in [-0.2, 0) is 4.79 Å². The maximum absolute atomic E-state index is 12.0. The van der Waals surface area contributed by atoms with E-state index in [4.69, 9.17) is 5.73 Å². The largest absolute Gasteiger partial charge is 0.369 e. The zero-order valence-corrected chi connectivity index (χ0v) is 15.6. The lowest BCUT2D eigenvalue weighted by Crippen LogP contribution is -2.50. The highest BCUT2D eigenvalue weighted by molar-refractivity contribution is 5.76. The average molecular weight is 347 g/mol. The first-order valence-electron chi connectivity index (χ1n) is 9.71. The Morgan fingerprint density at radius 2 is 1.76 bits per heavy atom. The lowest BCUT2D eigenvalue weighted by molar-refractivity contribution is -0.121. The van der Waals surface area contributed by atoms with E-state index in [9.17, 15) is 4.79 Å². The second-order valence-electron chi connectivity index (χ2n) is 7.04. The van der Waals surface area contributed by atoms with Crippen LogP contribution in [0.2, 0.25) is 0 Å². The zero-order valence-electron chi connectivity index (χ0n) is 15.6. The Labute approximate surface area is 152 Å². The molecule has 2 rings (SSSR count). The molecule has 0 saturated carbocycles.